The molecule has 8 heteroatoms. The van der Waals surface area contributed by atoms with E-state index in [4.69, 9.17) is 14.2 Å². The molecule has 0 N–H and O–H groups in total. The largest absolute Gasteiger partial charge is 0.444 e. The van der Waals surface area contributed by atoms with Crippen LogP contribution in [0.3, 0.4) is 0 Å². The summed E-state index contributed by atoms with van der Waals surface area (Å²) in [5.41, 5.74) is -1.03. The number of amides is 1. The standard InChI is InChI=1S/C11H21NO3.C11H14O3S.C3H6/c1-8-7-12(11(5,6)14-8)9(13)15-10(2,3)4;12-15(13,9-10-6-7-14-8-10)11-4-2-1-3-5-11;1-3-2/h8H,7H2,1-6H3;1-5,10H,6-9H2;3H,1H2,2H3. The molecule has 2 aliphatic heterocycles. The van der Waals surface area contributed by atoms with Crippen molar-refractivity contribution < 1.29 is 27.4 Å². The van der Waals surface area contributed by atoms with E-state index >= 15 is 0 Å². The van der Waals surface area contributed by atoms with Gasteiger partial charge in [0.15, 0.2) is 9.84 Å². The van der Waals surface area contributed by atoms with Gasteiger partial charge in [0.25, 0.3) is 0 Å². The van der Waals surface area contributed by atoms with Crippen molar-refractivity contribution >= 4 is 15.9 Å². The molecule has 2 unspecified atom stereocenters. The summed E-state index contributed by atoms with van der Waals surface area (Å²) in [6, 6.07) is 8.60. The van der Waals surface area contributed by atoms with Gasteiger partial charge in [0.05, 0.1) is 29.9 Å². The highest BCUT2D eigenvalue weighted by molar-refractivity contribution is 7.91. The van der Waals surface area contributed by atoms with Gasteiger partial charge in [0.2, 0.25) is 0 Å². The maximum atomic E-state index is 11.9. The highest BCUT2D eigenvalue weighted by Gasteiger charge is 2.42. The molecule has 7 nitrogen and oxygen atoms in total. The van der Waals surface area contributed by atoms with Crippen LogP contribution in [0.5, 0.6) is 0 Å². The Morgan fingerprint density at radius 2 is 1.85 bits per heavy atom. The molecule has 0 radical (unpaired) electrons. The molecule has 2 heterocycles. The smallest absolute Gasteiger partial charge is 0.412 e. The molecule has 0 aromatic heterocycles. The number of benzene rings is 1. The van der Waals surface area contributed by atoms with Gasteiger partial charge in [-0.15, -0.1) is 6.58 Å². The molecule has 188 valence electrons. The maximum absolute atomic E-state index is 11.9. The number of ether oxygens (including phenoxy) is 3. The Morgan fingerprint density at radius 1 is 1.27 bits per heavy atom. The predicted molar refractivity (Wildman–Crippen MR) is 131 cm³/mol. The van der Waals surface area contributed by atoms with Gasteiger partial charge in [-0.25, -0.2) is 13.2 Å². The number of allylic oxidation sites excluding steroid dienone is 1. The third kappa shape index (κ3) is 10.3. The van der Waals surface area contributed by atoms with Gasteiger partial charge in [0, 0.05) is 6.61 Å². The molecule has 1 aromatic carbocycles. The van der Waals surface area contributed by atoms with Crippen molar-refractivity contribution in [1.82, 2.24) is 4.90 Å². The maximum Gasteiger partial charge on any atom is 0.412 e. The molecule has 0 aliphatic carbocycles. The van der Waals surface area contributed by atoms with Crippen LogP contribution in [0.15, 0.2) is 47.9 Å². The molecule has 2 aliphatic rings. The molecule has 1 aromatic rings. The Balaban J connectivity index is 0.000000295. The van der Waals surface area contributed by atoms with E-state index in [2.05, 4.69) is 6.58 Å². The van der Waals surface area contributed by atoms with Crippen LogP contribution in [0.4, 0.5) is 4.79 Å². The highest BCUT2D eigenvalue weighted by atomic mass is 32.2. The Labute approximate surface area is 200 Å². The monoisotopic (exact) mass is 483 g/mol. The van der Waals surface area contributed by atoms with Crippen LogP contribution in [0.1, 0.15) is 54.9 Å². The van der Waals surface area contributed by atoms with Crippen LogP contribution in [0.2, 0.25) is 0 Å². The van der Waals surface area contributed by atoms with Crippen molar-refractivity contribution in [3.05, 3.63) is 43.0 Å². The molecule has 0 saturated carbocycles. The molecule has 1 amide bonds. The summed E-state index contributed by atoms with van der Waals surface area (Å²) in [6.45, 7) is 18.4. The van der Waals surface area contributed by atoms with Crippen molar-refractivity contribution in [2.75, 3.05) is 25.5 Å². The first-order valence-electron chi connectivity index (χ1n) is 11.3. The fourth-order valence-electron chi connectivity index (χ4n) is 3.43. The molecule has 0 bridgehead atoms. The van der Waals surface area contributed by atoms with Crippen molar-refractivity contribution in [2.45, 2.75) is 77.2 Å². The normalized spacial score (nSPS) is 21.8. The predicted octanol–water partition coefficient (Wildman–Crippen LogP) is 5.07. The Kier molecular flexibility index (Phi) is 11.1. The number of carbonyl (C=O) groups is 1. The van der Waals surface area contributed by atoms with E-state index in [1.807, 2.05) is 54.5 Å². The fraction of sp³-hybridized carbons (Fsp3) is 0.640. The molecule has 2 atom stereocenters. The minimum absolute atomic E-state index is 0.0625. The van der Waals surface area contributed by atoms with Crippen molar-refractivity contribution in [2.24, 2.45) is 5.92 Å². The zero-order valence-electron chi connectivity index (χ0n) is 21.2. The summed E-state index contributed by atoms with van der Waals surface area (Å²) in [5.74, 6) is 0.368. The molecular weight excluding hydrogens is 442 g/mol. The lowest BCUT2D eigenvalue weighted by Gasteiger charge is -2.31. The third-order valence-electron chi connectivity index (χ3n) is 4.77. The number of hydrogen-bond donors (Lipinski definition) is 0. The van der Waals surface area contributed by atoms with Gasteiger partial charge >= 0.3 is 6.09 Å². The van der Waals surface area contributed by atoms with E-state index in [-0.39, 0.29) is 23.9 Å². The molecule has 2 saturated heterocycles. The first kappa shape index (κ1) is 29.1. The number of sulfone groups is 1. The number of carbonyl (C=O) groups excluding carboxylic acids is 1. The lowest BCUT2D eigenvalue weighted by Crippen LogP contribution is -2.46. The van der Waals surface area contributed by atoms with Gasteiger partial charge < -0.3 is 14.2 Å². The van der Waals surface area contributed by atoms with E-state index in [0.29, 0.717) is 24.7 Å². The number of nitrogens with zero attached hydrogens (tertiary/aromatic N) is 1. The summed E-state index contributed by atoms with van der Waals surface area (Å²) in [6.07, 6.45) is 2.36. The summed E-state index contributed by atoms with van der Waals surface area (Å²) in [7, 11) is -3.12. The Hall–Kier alpha value is -1.90. The topological polar surface area (TPSA) is 82.1 Å². The minimum atomic E-state index is -3.12. The zero-order valence-corrected chi connectivity index (χ0v) is 22.0. The molecule has 33 heavy (non-hydrogen) atoms. The van der Waals surface area contributed by atoms with Crippen molar-refractivity contribution in [1.29, 1.82) is 0 Å². The van der Waals surface area contributed by atoms with Crippen LogP contribution in [-0.2, 0) is 24.0 Å². The fourth-order valence-corrected chi connectivity index (χ4v) is 5.08. The van der Waals surface area contributed by atoms with E-state index in [0.717, 1.165) is 6.42 Å². The number of hydrogen-bond acceptors (Lipinski definition) is 6. The van der Waals surface area contributed by atoms with Gasteiger partial charge in [-0.3, -0.25) is 4.90 Å². The Morgan fingerprint density at radius 3 is 2.27 bits per heavy atom. The van der Waals surface area contributed by atoms with Crippen LogP contribution in [-0.4, -0.2) is 62.4 Å². The first-order chi connectivity index (χ1) is 15.2. The quantitative estimate of drug-likeness (QED) is 0.559. The summed E-state index contributed by atoms with van der Waals surface area (Å²) in [4.78, 5) is 13.9. The average molecular weight is 484 g/mol. The molecule has 3 rings (SSSR count). The van der Waals surface area contributed by atoms with Gasteiger partial charge in [-0.2, -0.15) is 0 Å². The van der Waals surface area contributed by atoms with E-state index in [1.165, 1.54) is 0 Å². The molecular formula is C25H41NO6S. The third-order valence-corrected chi connectivity index (χ3v) is 6.68. The van der Waals surface area contributed by atoms with Crippen molar-refractivity contribution in [3.8, 4) is 0 Å². The Bertz CT molecular complexity index is 839. The van der Waals surface area contributed by atoms with E-state index in [9.17, 15) is 13.2 Å². The second-order valence-corrected chi connectivity index (χ2v) is 11.7. The summed E-state index contributed by atoms with van der Waals surface area (Å²) < 4.78 is 40.0. The van der Waals surface area contributed by atoms with Crippen LogP contribution < -0.4 is 0 Å². The first-order valence-corrected chi connectivity index (χ1v) is 13.0. The second kappa shape index (κ2) is 12.5. The molecule has 2 fully saturated rings. The van der Waals surface area contributed by atoms with Crippen molar-refractivity contribution in [3.63, 3.8) is 0 Å². The summed E-state index contributed by atoms with van der Waals surface area (Å²) >= 11 is 0. The zero-order chi connectivity index (χ0) is 25.3. The van der Waals surface area contributed by atoms with E-state index < -0.39 is 21.2 Å². The summed E-state index contributed by atoms with van der Waals surface area (Å²) in [5, 5.41) is 0. The van der Waals surface area contributed by atoms with E-state index in [1.54, 1.807) is 35.2 Å². The van der Waals surface area contributed by atoms with Gasteiger partial charge in [-0.05, 0) is 72.9 Å². The van der Waals surface area contributed by atoms with Crippen LogP contribution in [0.25, 0.3) is 0 Å². The van der Waals surface area contributed by atoms with Crippen LogP contribution in [0, 0.1) is 5.92 Å². The molecule has 0 spiro atoms. The SMILES string of the molecule is C=CC.CC1CN(C(=O)OC(C)(C)C)C(C)(C)O1.O=S(=O)(CC1CCOC1)c1ccccc1. The lowest BCUT2D eigenvalue weighted by molar-refractivity contribution is -0.0745. The number of rotatable bonds is 3. The minimum Gasteiger partial charge on any atom is -0.444 e. The average Bonchev–Trinajstić information content (AvgIpc) is 3.28. The second-order valence-electron chi connectivity index (χ2n) is 9.70. The van der Waals surface area contributed by atoms with Crippen LogP contribution >= 0.6 is 0 Å². The lowest BCUT2D eigenvalue weighted by atomic mass is 10.2. The van der Waals surface area contributed by atoms with Gasteiger partial charge in [0.1, 0.15) is 11.3 Å². The highest BCUT2D eigenvalue weighted by Crippen LogP contribution is 2.28. The van der Waals surface area contributed by atoms with Gasteiger partial charge in [-0.1, -0.05) is 24.3 Å².